The smallest absolute Gasteiger partial charge is 0.323 e. The zero-order chi connectivity index (χ0) is 20.2. The van der Waals surface area contributed by atoms with E-state index in [2.05, 4.69) is 51.2 Å². The summed E-state index contributed by atoms with van der Waals surface area (Å²) in [6, 6.07) is 8.25. The van der Waals surface area contributed by atoms with E-state index in [1.165, 1.54) is 0 Å². The first kappa shape index (κ1) is 19.8. The quantitative estimate of drug-likeness (QED) is 0.643. The van der Waals surface area contributed by atoms with E-state index >= 15 is 0 Å². The molecule has 29 heavy (non-hydrogen) atoms. The number of nitrogens with zero attached hydrogens (tertiary/aromatic N) is 3. The van der Waals surface area contributed by atoms with Gasteiger partial charge in [0.05, 0.1) is 6.61 Å². The third-order valence-electron chi connectivity index (χ3n) is 6.02. The summed E-state index contributed by atoms with van der Waals surface area (Å²) in [6.45, 7) is 5.50. The second kappa shape index (κ2) is 8.90. The number of carbonyl (C=O) groups is 1. The highest BCUT2D eigenvalue weighted by molar-refractivity contribution is 5.76. The monoisotopic (exact) mass is 398 g/mol. The van der Waals surface area contributed by atoms with Crippen LogP contribution < -0.4 is 10.6 Å². The number of carbonyl (C=O) groups excluding carboxylic acids is 1. The van der Waals surface area contributed by atoms with Gasteiger partial charge < -0.3 is 15.4 Å². The predicted octanol–water partition coefficient (Wildman–Crippen LogP) is 2.62. The number of anilines is 1. The maximum absolute atomic E-state index is 12.4. The second-order valence-electron chi connectivity index (χ2n) is 8.68. The summed E-state index contributed by atoms with van der Waals surface area (Å²) in [4.78, 5) is 12.4. The molecular formula is C21H30N6O2. The molecule has 8 heteroatoms. The molecule has 2 aliphatic rings. The molecule has 0 bridgehead atoms. The molecule has 1 aromatic heterocycles. The maximum Gasteiger partial charge on any atom is 0.323 e. The van der Waals surface area contributed by atoms with E-state index in [4.69, 9.17) is 4.74 Å². The van der Waals surface area contributed by atoms with Crippen LogP contribution in [0.4, 0.5) is 5.69 Å². The van der Waals surface area contributed by atoms with Crippen LogP contribution in [0.3, 0.4) is 0 Å². The van der Waals surface area contributed by atoms with E-state index in [0.29, 0.717) is 36.2 Å². The first-order valence-corrected chi connectivity index (χ1v) is 10.6. The molecule has 0 amide bonds. The lowest BCUT2D eigenvalue weighted by atomic mass is 9.72. The summed E-state index contributed by atoms with van der Waals surface area (Å²) in [5.74, 6) is 2.01. The molecule has 2 fully saturated rings. The lowest BCUT2D eigenvalue weighted by molar-refractivity contribution is -0.149. The zero-order valence-electron chi connectivity index (χ0n) is 17.1. The van der Waals surface area contributed by atoms with Crippen LogP contribution in [0.2, 0.25) is 0 Å². The maximum atomic E-state index is 12.4. The molecule has 1 saturated heterocycles. The molecule has 156 valence electrons. The number of hydrogen-bond donors (Lipinski definition) is 3. The lowest BCUT2D eigenvalue weighted by Gasteiger charge is -2.42. The number of tetrazole rings is 1. The van der Waals surface area contributed by atoms with Crippen molar-refractivity contribution in [2.45, 2.75) is 51.6 Å². The summed E-state index contributed by atoms with van der Waals surface area (Å²) >= 11 is 0. The molecule has 3 N–H and O–H groups in total. The van der Waals surface area contributed by atoms with Gasteiger partial charge in [0.1, 0.15) is 6.04 Å². The number of aromatic nitrogens is 4. The van der Waals surface area contributed by atoms with E-state index < -0.39 is 0 Å². The van der Waals surface area contributed by atoms with Gasteiger partial charge in [0, 0.05) is 17.3 Å². The normalized spacial score (nSPS) is 26.7. The number of para-hydroxylation sites is 1. The Balaban J connectivity index is 1.38. The fourth-order valence-corrected chi connectivity index (χ4v) is 4.52. The van der Waals surface area contributed by atoms with Gasteiger partial charge in [0.15, 0.2) is 0 Å². The molecule has 8 nitrogen and oxygen atoms in total. The molecule has 0 radical (unpaired) electrons. The van der Waals surface area contributed by atoms with Crippen LogP contribution in [0.15, 0.2) is 24.3 Å². The minimum Gasteiger partial charge on any atom is -0.464 e. The highest BCUT2D eigenvalue weighted by atomic mass is 16.5. The van der Waals surface area contributed by atoms with Gasteiger partial charge in [0.2, 0.25) is 5.82 Å². The SMILES string of the molecule is CC(C)COC(=O)C1CC2CC(Nc3ccccc3-c3nn[nH]n3)CCC2CN1. The number of benzene rings is 1. The van der Waals surface area contributed by atoms with E-state index in [0.717, 1.165) is 43.5 Å². The van der Waals surface area contributed by atoms with Gasteiger partial charge in [-0.15, -0.1) is 10.2 Å². The largest absolute Gasteiger partial charge is 0.464 e. The van der Waals surface area contributed by atoms with Crippen molar-refractivity contribution in [3.63, 3.8) is 0 Å². The van der Waals surface area contributed by atoms with Crippen LogP contribution in [-0.4, -0.2) is 51.8 Å². The Morgan fingerprint density at radius 1 is 1.24 bits per heavy atom. The highest BCUT2D eigenvalue weighted by Gasteiger charge is 2.38. The Morgan fingerprint density at radius 3 is 2.90 bits per heavy atom. The van der Waals surface area contributed by atoms with Crippen molar-refractivity contribution < 1.29 is 9.53 Å². The Labute approximate surface area is 171 Å². The minimum absolute atomic E-state index is 0.102. The second-order valence-corrected chi connectivity index (χ2v) is 8.68. The number of esters is 1. The van der Waals surface area contributed by atoms with Crippen LogP contribution in [0.25, 0.3) is 11.4 Å². The van der Waals surface area contributed by atoms with Crippen LogP contribution in [0, 0.1) is 17.8 Å². The number of aromatic amines is 1. The van der Waals surface area contributed by atoms with Gasteiger partial charge in [-0.25, -0.2) is 0 Å². The van der Waals surface area contributed by atoms with Crippen LogP contribution in [0.1, 0.15) is 39.5 Å². The van der Waals surface area contributed by atoms with Crippen molar-refractivity contribution in [1.29, 1.82) is 0 Å². The van der Waals surface area contributed by atoms with Crippen molar-refractivity contribution in [2.24, 2.45) is 17.8 Å². The molecular weight excluding hydrogens is 368 g/mol. The summed E-state index contributed by atoms with van der Waals surface area (Å²) in [6.07, 6.45) is 4.19. The van der Waals surface area contributed by atoms with E-state index in [1.54, 1.807) is 0 Å². The lowest BCUT2D eigenvalue weighted by Crippen LogP contribution is -2.51. The molecule has 0 spiro atoms. The Morgan fingerprint density at radius 2 is 2.10 bits per heavy atom. The number of ether oxygens (including phenoxy) is 1. The molecule has 2 aromatic rings. The molecule has 1 aliphatic heterocycles. The molecule has 1 saturated carbocycles. The van der Waals surface area contributed by atoms with Crippen molar-refractivity contribution in [3.8, 4) is 11.4 Å². The Hall–Kier alpha value is -2.48. The summed E-state index contributed by atoms with van der Waals surface area (Å²) in [5, 5.41) is 21.5. The number of piperidine rings is 1. The van der Waals surface area contributed by atoms with E-state index in [1.807, 2.05) is 18.2 Å². The Bertz CT molecular complexity index is 809. The molecule has 4 unspecified atom stereocenters. The van der Waals surface area contributed by atoms with Crippen molar-refractivity contribution in [1.82, 2.24) is 25.9 Å². The highest BCUT2D eigenvalue weighted by Crippen LogP contribution is 2.38. The van der Waals surface area contributed by atoms with Crippen molar-refractivity contribution >= 4 is 11.7 Å². The molecule has 2 heterocycles. The average molecular weight is 399 g/mol. The fourth-order valence-electron chi connectivity index (χ4n) is 4.52. The van der Waals surface area contributed by atoms with Gasteiger partial charge in [-0.05, 0) is 67.3 Å². The number of nitrogens with one attached hydrogen (secondary N) is 3. The van der Waals surface area contributed by atoms with Gasteiger partial charge in [-0.1, -0.05) is 26.0 Å². The topological polar surface area (TPSA) is 105 Å². The van der Waals surface area contributed by atoms with Gasteiger partial charge in [-0.2, -0.15) is 5.21 Å². The van der Waals surface area contributed by atoms with Crippen LogP contribution in [-0.2, 0) is 9.53 Å². The summed E-state index contributed by atoms with van der Waals surface area (Å²) < 4.78 is 5.46. The number of H-pyrrole nitrogens is 1. The minimum atomic E-state index is -0.180. The predicted molar refractivity (Wildman–Crippen MR) is 110 cm³/mol. The van der Waals surface area contributed by atoms with E-state index in [-0.39, 0.29) is 12.0 Å². The molecule has 1 aliphatic carbocycles. The number of hydrogen-bond acceptors (Lipinski definition) is 7. The summed E-state index contributed by atoms with van der Waals surface area (Å²) in [5.41, 5.74) is 1.98. The standard InChI is InChI=1S/C21H30N6O2/c1-13(2)12-29-21(28)19-10-15-9-16(8-7-14(15)11-22-19)23-18-6-4-3-5-17(18)20-24-26-27-25-20/h3-6,13-16,19,22-23H,7-12H2,1-2H3,(H,24,25,26,27). The van der Waals surface area contributed by atoms with Crippen molar-refractivity contribution in [3.05, 3.63) is 24.3 Å². The molecule has 1 aromatic carbocycles. The van der Waals surface area contributed by atoms with Gasteiger partial charge in [-0.3, -0.25) is 4.79 Å². The Kier molecular flexibility index (Phi) is 6.08. The average Bonchev–Trinajstić information content (AvgIpc) is 3.26. The van der Waals surface area contributed by atoms with Crippen LogP contribution in [0.5, 0.6) is 0 Å². The molecule has 4 atom stereocenters. The summed E-state index contributed by atoms with van der Waals surface area (Å²) in [7, 11) is 0. The zero-order valence-corrected chi connectivity index (χ0v) is 17.1. The third-order valence-corrected chi connectivity index (χ3v) is 6.02. The van der Waals surface area contributed by atoms with Crippen molar-refractivity contribution in [2.75, 3.05) is 18.5 Å². The number of fused-ring (bicyclic) bond motifs is 1. The van der Waals surface area contributed by atoms with E-state index in [9.17, 15) is 4.79 Å². The van der Waals surface area contributed by atoms with Crippen LogP contribution >= 0.6 is 0 Å². The molecule has 4 rings (SSSR count). The first-order valence-electron chi connectivity index (χ1n) is 10.6. The fraction of sp³-hybridized carbons (Fsp3) is 0.619. The van der Waals surface area contributed by atoms with Gasteiger partial charge in [0.25, 0.3) is 0 Å². The third kappa shape index (κ3) is 4.75. The van der Waals surface area contributed by atoms with Gasteiger partial charge >= 0.3 is 5.97 Å². The first-order chi connectivity index (χ1) is 14.1. The number of rotatable bonds is 6.